The molecule has 0 aromatic heterocycles. The maximum Gasteiger partial charge on any atom is 0.221 e. The standard InChI is InChI=1S/C21H20ClFN2O2/c1-12(18-9-16(27)8-15-6-4-5-7-17(15)18)20(22)10-19(13(2)24)21(11-23)25-14(3)26/h4-11,27H,2,24H2,1,3H3,(H,25,26)/b19-10-,20-12-,21-11-. The Morgan fingerprint density at radius 1 is 1.30 bits per heavy atom. The number of rotatable bonds is 5. The SMILES string of the molecule is C=C(N)C(=C/C(Cl)=C(\C)c1cc(O)cc2ccccc12)/C(=C/F)NC(C)=O. The van der Waals surface area contributed by atoms with Crippen LogP contribution in [-0.4, -0.2) is 11.0 Å². The number of fused-ring (bicyclic) bond motifs is 1. The van der Waals surface area contributed by atoms with E-state index in [4.69, 9.17) is 17.3 Å². The number of nitrogens with two attached hydrogens (primary N) is 1. The van der Waals surface area contributed by atoms with Crippen molar-refractivity contribution in [3.8, 4) is 5.75 Å². The Morgan fingerprint density at radius 3 is 2.56 bits per heavy atom. The summed E-state index contributed by atoms with van der Waals surface area (Å²) < 4.78 is 13.3. The highest BCUT2D eigenvalue weighted by molar-refractivity contribution is 6.34. The Bertz CT molecular complexity index is 1010. The van der Waals surface area contributed by atoms with E-state index in [1.165, 1.54) is 13.0 Å². The minimum absolute atomic E-state index is 0.0411. The van der Waals surface area contributed by atoms with Gasteiger partial charge in [-0.2, -0.15) is 0 Å². The normalized spacial score (nSPS) is 13.3. The molecule has 0 unspecified atom stereocenters. The Labute approximate surface area is 162 Å². The quantitative estimate of drug-likeness (QED) is 0.642. The molecule has 0 aliphatic carbocycles. The Hall–Kier alpha value is -3.05. The summed E-state index contributed by atoms with van der Waals surface area (Å²) in [5.74, 6) is -0.357. The lowest BCUT2D eigenvalue weighted by Gasteiger charge is -2.13. The number of aromatic hydroxyl groups is 1. The first-order valence-corrected chi connectivity index (χ1v) is 8.45. The van der Waals surface area contributed by atoms with Gasteiger partial charge in [-0.05, 0) is 47.0 Å². The zero-order valence-electron chi connectivity index (χ0n) is 15.0. The number of carbonyl (C=O) groups is 1. The summed E-state index contributed by atoms with van der Waals surface area (Å²) in [4.78, 5) is 11.3. The fourth-order valence-corrected chi connectivity index (χ4v) is 2.87. The summed E-state index contributed by atoms with van der Waals surface area (Å²) in [5.41, 5.74) is 7.17. The van der Waals surface area contributed by atoms with Gasteiger partial charge in [0.15, 0.2) is 0 Å². The van der Waals surface area contributed by atoms with E-state index in [0.29, 0.717) is 5.57 Å². The van der Waals surface area contributed by atoms with E-state index in [1.807, 2.05) is 24.3 Å². The highest BCUT2D eigenvalue weighted by Gasteiger charge is 2.13. The van der Waals surface area contributed by atoms with Crippen molar-refractivity contribution in [1.29, 1.82) is 0 Å². The monoisotopic (exact) mass is 386 g/mol. The van der Waals surface area contributed by atoms with Crippen LogP contribution in [0.2, 0.25) is 0 Å². The second kappa shape index (κ2) is 8.56. The molecule has 0 saturated heterocycles. The van der Waals surface area contributed by atoms with Gasteiger partial charge in [0.1, 0.15) is 12.1 Å². The Balaban J connectivity index is 2.64. The first-order valence-electron chi connectivity index (χ1n) is 8.08. The molecule has 2 aromatic rings. The van der Waals surface area contributed by atoms with Gasteiger partial charge in [0.2, 0.25) is 5.91 Å². The molecule has 0 aliphatic rings. The predicted molar refractivity (Wildman–Crippen MR) is 108 cm³/mol. The van der Waals surface area contributed by atoms with E-state index in [2.05, 4.69) is 11.9 Å². The molecule has 0 spiro atoms. The van der Waals surface area contributed by atoms with Crippen LogP contribution < -0.4 is 11.1 Å². The molecule has 2 rings (SSSR count). The van der Waals surface area contributed by atoms with E-state index in [9.17, 15) is 14.3 Å². The van der Waals surface area contributed by atoms with Gasteiger partial charge in [-0.3, -0.25) is 4.79 Å². The third-order valence-electron chi connectivity index (χ3n) is 3.94. The Morgan fingerprint density at radius 2 is 1.96 bits per heavy atom. The molecule has 0 fully saturated rings. The first kappa shape index (κ1) is 20.3. The minimum Gasteiger partial charge on any atom is -0.508 e. The smallest absolute Gasteiger partial charge is 0.221 e. The predicted octanol–water partition coefficient (Wildman–Crippen LogP) is 4.86. The molecule has 0 radical (unpaired) electrons. The van der Waals surface area contributed by atoms with Crippen LogP contribution in [0.1, 0.15) is 19.4 Å². The lowest BCUT2D eigenvalue weighted by atomic mass is 9.97. The molecule has 0 saturated carbocycles. The molecule has 0 atom stereocenters. The van der Waals surface area contributed by atoms with Crippen LogP contribution in [0.5, 0.6) is 5.75 Å². The second-order valence-electron chi connectivity index (χ2n) is 5.97. The van der Waals surface area contributed by atoms with Crippen molar-refractivity contribution in [2.75, 3.05) is 0 Å². The van der Waals surface area contributed by atoms with Gasteiger partial charge >= 0.3 is 0 Å². The van der Waals surface area contributed by atoms with Crippen LogP contribution >= 0.6 is 11.6 Å². The summed E-state index contributed by atoms with van der Waals surface area (Å²) in [6.45, 7) is 6.63. The third kappa shape index (κ3) is 4.77. The van der Waals surface area contributed by atoms with Crippen molar-refractivity contribution in [1.82, 2.24) is 5.32 Å². The molecule has 4 nitrogen and oxygen atoms in total. The molecule has 0 aliphatic heterocycles. The second-order valence-corrected chi connectivity index (χ2v) is 6.38. The maximum absolute atomic E-state index is 13.3. The summed E-state index contributed by atoms with van der Waals surface area (Å²) in [6.07, 6.45) is 1.66. The third-order valence-corrected chi connectivity index (χ3v) is 4.33. The van der Waals surface area contributed by atoms with Crippen molar-refractivity contribution < 1.29 is 14.3 Å². The summed E-state index contributed by atoms with van der Waals surface area (Å²) in [5, 5.41) is 14.4. The number of phenols is 1. The largest absolute Gasteiger partial charge is 0.508 e. The molecule has 6 heteroatoms. The van der Waals surface area contributed by atoms with Gasteiger partial charge in [0.05, 0.1) is 5.70 Å². The number of halogens is 2. The van der Waals surface area contributed by atoms with Crippen LogP contribution in [0.3, 0.4) is 0 Å². The van der Waals surface area contributed by atoms with Crippen LogP contribution in [0, 0.1) is 0 Å². The molecular formula is C21H20ClFN2O2. The Kier molecular flexibility index (Phi) is 6.42. The zero-order chi connectivity index (χ0) is 20.1. The van der Waals surface area contributed by atoms with E-state index in [-0.39, 0.29) is 34.1 Å². The van der Waals surface area contributed by atoms with Crippen molar-refractivity contribution in [3.05, 3.63) is 82.9 Å². The van der Waals surface area contributed by atoms with Crippen LogP contribution in [-0.2, 0) is 4.79 Å². The molecule has 1 amide bonds. The summed E-state index contributed by atoms with van der Waals surface area (Å²) in [6, 6.07) is 10.8. The molecule has 27 heavy (non-hydrogen) atoms. The van der Waals surface area contributed by atoms with Gasteiger partial charge in [0, 0.05) is 23.2 Å². The van der Waals surface area contributed by atoms with Gasteiger partial charge in [-0.25, -0.2) is 4.39 Å². The van der Waals surface area contributed by atoms with Crippen LogP contribution in [0.4, 0.5) is 4.39 Å². The van der Waals surface area contributed by atoms with Crippen LogP contribution in [0.15, 0.2) is 77.4 Å². The van der Waals surface area contributed by atoms with Crippen molar-refractivity contribution in [2.45, 2.75) is 13.8 Å². The zero-order valence-corrected chi connectivity index (χ0v) is 15.8. The first-order chi connectivity index (χ1) is 12.7. The van der Waals surface area contributed by atoms with Crippen LogP contribution in [0.25, 0.3) is 16.3 Å². The highest BCUT2D eigenvalue weighted by Crippen LogP contribution is 2.33. The van der Waals surface area contributed by atoms with E-state index < -0.39 is 5.91 Å². The molecule has 0 heterocycles. The number of carbonyl (C=O) groups excluding carboxylic acids is 1. The van der Waals surface area contributed by atoms with Gasteiger partial charge in [0.25, 0.3) is 0 Å². The maximum atomic E-state index is 13.3. The topological polar surface area (TPSA) is 75.3 Å². The summed E-state index contributed by atoms with van der Waals surface area (Å²) in [7, 11) is 0. The lowest BCUT2D eigenvalue weighted by molar-refractivity contribution is -0.118. The molecule has 140 valence electrons. The average Bonchev–Trinajstić information content (AvgIpc) is 2.62. The number of nitrogens with one attached hydrogen (secondary N) is 1. The van der Waals surface area contributed by atoms with E-state index in [0.717, 1.165) is 16.3 Å². The molecular weight excluding hydrogens is 367 g/mol. The van der Waals surface area contributed by atoms with E-state index >= 15 is 0 Å². The molecule has 2 aromatic carbocycles. The molecule has 4 N–H and O–H groups in total. The number of amides is 1. The summed E-state index contributed by atoms with van der Waals surface area (Å²) >= 11 is 6.46. The number of allylic oxidation sites excluding steroid dienone is 3. The minimum atomic E-state index is -0.457. The van der Waals surface area contributed by atoms with Gasteiger partial charge in [-0.1, -0.05) is 42.4 Å². The lowest BCUT2D eigenvalue weighted by Crippen LogP contribution is -2.22. The fourth-order valence-electron chi connectivity index (χ4n) is 2.66. The number of phenolic OH excluding ortho intramolecular Hbond substituents is 1. The van der Waals surface area contributed by atoms with Gasteiger partial charge in [-0.15, -0.1) is 0 Å². The van der Waals surface area contributed by atoms with Gasteiger partial charge < -0.3 is 16.2 Å². The average molecular weight is 387 g/mol. The van der Waals surface area contributed by atoms with Crippen molar-refractivity contribution >= 4 is 33.9 Å². The van der Waals surface area contributed by atoms with E-state index in [1.54, 1.807) is 19.1 Å². The molecule has 0 bridgehead atoms. The van der Waals surface area contributed by atoms with Crippen molar-refractivity contribution in [2.24, 2.45) is 5.73 Å². The number of benzene rings is 2. The fraction of sp³-hybridized carbons (Fsp3) is 0.0952. The van der Waals surface area contributed by atoms with Crippen molar-refractivity contribution in [3.63, 3.8) is 0 Å². The highest BCUT2D eigenvalue weighted by atomic mass is 35.5. The number of hydrogen-bond donors (Lipinski definition) is 3. The number of hydrogen-bond acceptors (Lipinski definition) is 3.